The van der Waals surface area contributed by atoms with E-state index in [1.165, 1.54) is 10.7 Å². The van der Waals surface area contributed by atoms with Crippen molar-refractivity contribution in [1.29, 1.82) is 0 Å². The quantitative estimate of drug-likeness (QED) is 0.894. The molecule has 1 fully saturated rings. The Morgan fingerprint density at radius 2 is 2.44 bits per heavy atom. The minimum atomic E-state index is -1.02. The molecule has 0 saturated carbocycles. The highest BCUT2D eigenvalue weighted by Crippen LogP contribution is 2.28. The maximum Gasteiger partial charge on any atom is 0.339 e. The summed E-state index contributed by atoms with van der Waals surface area (Å²) in [5.41, 5.74) is 1.31. The first kappa shape index (κ1) is 11.4. The molecule has 3 rings (SSSR count). The van der Waals surface area contributed by atoms with Crippen LogP contribution >= 0.6 is 11.6 Å². The van der Waals surface area contributed by atoms with Gasteiger partial charge in [-0.2, -0.15) is 5.10 Å². The van der Waals surface area contributed by atoms with Crippen LogP contribution in [0.15, 0.2) is 12.3 Å². The number of hydrogen-bond acceptors (Lipinski definition) is 4. The Kier molecular flexibility index (Phi) is 2.68. The average Bonchev–Trinajstić information content (AvgIpc) is 2.93. The Bertz CT molecular complexity index is 619. The van der Waals surface area contributed by atoms with Crippen LogP contribution in [-0.2, 0) is 4.74 Å². The van der Waals surface area contributed by atoms with Crippen molar-refractivity contribution in [3.63, 3.8) is 0 Å². The molecule has 0 unspecified atom stereocenters. The number of halogens is 1. The van der Waals surface area contributed by atoms with Crippen LogP contribution < -0.4 is 0 Å². The van der Waals surface area contributed by atoms with Gasteiger partial charge in [0.1, 0.15) is 0 Å². The van der Waals surface area contributed by atoms with Crippen LogP contribution in [0, 0.1) is 0 Å². The van der Waals surface area contributed by atoms with Crippen molar-refractivity contribution in [3.05, 3.63) is 28.7 Å². The number of carboxylic acid groups (broad SMARTS) is 1. The number of nitrogens with zero attached hydrogens (tertiary/aromatic N) is 3. The smallest absolute Gasteiger partial charge is 0.339 e. The van der Waals surface area contributed by atoms with Gasteiger partial charge in [-0.15, -0.1) is 0 Å². The normalized spacial score (nSPS) is 19.5. The molecule has 18 heavy (non-hydrogen) atoms. The van der Waals surface area contributed by atoms with Crippen molar-refractivity contribution in [2.24, 2.45) is 0 Å². The van der Waals surface area contributed by atoms with E-state index in [9.17, 15) is 9.90 Å². The Labute approximate surface area is 107 Å². The van der Waals surface area contributed by atoms with E-state index in [0.29, 0.717) is 29.7 Å². The topological polar surface area (TPSA) is 76.7 Å². The Balaban J connectivity index is 2.27. The van der Waals surface area contributed by atoms with E-state index >= 15 is 0 Å². The largest absolute Gasteiger partial charge is 0.478 e. The van der Waals surface area contributed by atoms with Crippen molar-refractivity contribution < 1.29 is 14.6 Å². The fourth-order valence-electron chi connectivity index (χ4n) is 2.23. The number of fused-ring (bicyclic) bond motifs is 1. The lowest BCUT2D eigenvalue weighted by Gasteiger charge is -2.12. The summed E-state index contributed by atoms with van der Waals surface area (Å²) in [4.78, 5) is 15.3. The van der Waals surface area contributed by atoms with E-state index in [-0.39, 0.29) is 11.5 Å². The lowest BCUT2D eigenvalue weighted by atomic mass is 10.0. The molecule has 6 nitrogen and oxygen atoms in total. The van der Waals surface area contributed by atoms with Gasteiger partial charge in [0, 0.05) is 24.8 Å². The molecule has 0 radical (unpaired) electrons. The molecule has 1 aliphatic heterocycles. The molecule has 1 aliphatic rings. The molecule has 94 valence electrons. The summed E-state index contributed by atoms with van der Waals surface area (Å²) in [6.45, 7) is 1.12. The van der Waals surface area contributed by atoms with Crippen molar-refractivity contribution >= 4 is 23.2 Å². The molecular formula is C11H10ClN3O3. The molecule has 7 heteroatoms. The van der Waals surface area contributed by atoms with Crippen LogP contribution in [-0.4, -0.2) is 38.9 Å². The zero-order chi connectivity index (χ0) is 12.7. The lowest BCUT2D eigenvalue weighted by molar-refractivity contribution is 0.0693. The van der Waals surface area contributed by atoms with Crippen LogP contribution in [0.5, 0.6) is 0 Å². The third-order valence-electron chi connectivity index (χ3n) is 3.04. The standard InChI is InChI=1S/C11H10ClN3O3/c12-8-3-9-13-4-7(11(16)17)10(15(9)14-8)6-1-2-18-5-6/h3-4,6H,1-2,5H2,(H,16,17)/t6-/m0/s1. The van der Waals surface area contributed by atoms with Crippen LogP contribution in [0.1, 0.15) is 28.4 Å². The molecular weight excluding hydrogens is 258 g/mol. The van der Waals surface area contributed by atoms with E-state index in [1.807, 2.05) is 0 Å². The van der Waals surface area contributed by atoms with Crippen LogP contribution in [0.3, 0.4) is 0 Å². The molecule has 1 atom stereocenters. The summed E-state index contributed by atoms with van der Waals surface area (Å²) >= 11 is 5.84. The van der Waals surface area contributed by atoms with E-state index in [4.69, 9.17) is 16.3 Å². The van der Waals surface area contributed by atoms with Crippen molar-refractivity contribution in [2.75, 3.05) is 13.2 Å². The molecule has 3 heterocycles. The van der Waals surface area contributed by atoms with Gasteiger partial charge in [-0.05, 0) is 6.42 Å². The minimum Gasteiger partial charge on any atom is -0.478 e. The fraction of sp³-hybridized carbons (Fsp3) is 0.364. The van der Waals surface area contributed by atoms with Crippen molar-refractivity contribution in [1.82, 2.24) is 14.6 Å². The number of ether oxygens (including phenoxy) is 1. The highest BCUT2D eigenvalue weighted by Gasteiger charge is 2.27. The predicted molar refractivity (Wildman–Crippen MR) is 63.1 cm³/mol. The van der Waals surface area contributed by atoms with E-state index < -0.39 is 5.97 Å². The van der Waals surface area contributed by atoms with E-state index in [0.717, 1.165) is 6.42 Å². The average molecular weight is 268 g/mol. The second-order valence-corrected chi connectivity index (χ2v) is 4.55. The summed E-state index contributed by atoms with van der Waals surface area (Å²) in [7, 11) is 0. The van der Waals surface area contributed by atoms with Gasteiger partial charge in [0.15, 0.2) is 10.8 Å². The van der Waals surface area contributed by atoms with E-state index in [2.05, 4.69) is 10.1 Å². The fourth-order valence-corrected chi connectivity index (χ4v) is 2.40. The molecule has 0 amide bonds. The third-order valence-corrected chi connectivity index (χ3v) is 3.22. The van der Waals surface area contributed by atoms with Gasteiger partial charge in [0.25, 0.3) is 0 Å². The lowest BCUT2D eigenvalue weighted by Crippen LogP contribution is -2.14. The maximum atomic E-state index is 11.3. The van der Waals surface area contributed by atoms with Gasteiger partial charge in [-0.25, -0.2) is 14.3 Å². The molecule has 2 aromatic heterocycles. The van der Waals surface area contributed by atoms with Crippen molar-refractivity contribution in [3.8, 4) is 0 Å². The van der Waals surface area contributed by atoms with Crippen molar-refractivity contribution in [2.45, 2.75) is 12.3 Å². The van der Waals surface area contributed by atoms with Gasteiger partial charge in [-0.3, -0.25) is 0 Å². The molecule has 0 aliphatic carbocycles. The highest BCUT2D eigenvalue weighted by atomic mass is 35.5. The number of aromatic nitrogens is 3. The molecule has 2 aromatic rings. The van der Waals surface area contributed by atoms with Crippen LogP contribution in [0.4, 0.5) is 0 Å². The molecule has 0 spiro atoms. The van der Waals surface area contributed by atoms with Crippen LogP contribution in [0.2, 0.25) is 5.15 Å². The first-order chi connectivity index (χ1) is 8.66. The number of hydrogen-bond donors (Lipinski definition) is 1. The zero-order valence-corrected chi connectivity index (χ0v) is 10.1. The summed E-state index contributed by atoms with van der Waals surface area (Å²) < 4.78 is 6.82. The van der Waals surface area contributed by atoms with Gasteiger partial charge < -0.3 is 9.84 Å². The molecule has 1 N–H and O–H groups in total. The van der Waals surface area contributed by atoms with Gasteiger partial charge in [-0.1, -0.05) is 11.6 Å². The summed E-state index contributed by atoms with van der Waals surface area (Å²) in [6.07, 6.45) is 2.13. The number of carboxylic acids is 1. The molecule has 0 bridgehead atoms. The summed E-state index contributed by atoms with van der Waals surface area (Å²) in [6, 6.07) is 1.60. The summed E-state index contributed by atoms with van der Waals surface area (Å²) in [5, 5.41) is 13.6. The highest BCUT2D eigenvalue weighted by molar-refractivity contribution is 6.29. The molecule has 0 aromatic carbocycles. The Morgan fingerprint density at radius 3 is 3.11 bits per heavy atom. The minimum absolute atomic E-state index is 0.0116. The number of rotatable bonds is 2. The predicted octanol–water partition coefficient (Wildman–Crippen LogP) is 1.58. The molecule has 1 saturated heterocycles. The Morgan fingerprint density at radius 1 is 1.61 bits per heavy atom. The number of aromatic carboxylic acids is 1. The number of carbonyl (C=O) groups is 1. The SMILES string of the molecule is O=C(O)c1cnc2cc(Cl)nn2c1[C@H]1CCOC1. The van der Waals surface area contributed by atoms with Gasteiger partial charge >= 0.3 is 5.97 Å². The maximum absolute atomic E-state index is 11.3. The first-order valence-corrected chi connectivity index (χ1v) is 5.90. The van der Waals surface area contributed by atoms with E-state index in [1.54, 1.807) is 6.07 Å². The monoisotopic (exact) mass is 267 g/mol. The second-order valence-electron chi connectivity index (χ2n) is 4.16. The second kappa shape index (κ2) is 4.22. The first-order valence-electron chi connectivity index (χ1n) is 5.52. The Hall–Kier alpha value is -1.66. The van der Waals surface area contributed by atoms with Gasteiger partial charge in [0.2, 0.25) is 0 Å². The van der Waals surface area contributed by atoms with Gasteiger partial charge in [0.05, 0.1) is 17.9 Å². The zero-order valence-electron chi connectivity index (χ0n) is 9.34. The summed E-state index contributed by atoms with van der Waals surface area (Å²) in [5.74, 6) is -1.00. The third kappa shape index (κ3) is 1.74. The van der Waals surface area contributed by atoms with Crippen LogP contribution in [0.25, 0.3) is 5.65 Å².